The van der Waals surface area contributed by atoms with Crippen molar-refractivity contribution in [3.05, 3.63) is 0 Å². The molecule has 0 bridgehead atoms. The first-order chi connectivity index (χ1) is 5.93. The van der Waals surface area contributed by atoms with Crippen molar-refractivity contribution in [2.75, 3.05) is 14.1 Å². The van der Waals surface area contributed by atoms with Crippen LogP contribution in [0.1, 0.15) is 34.1 Å². The lowest BCUT2D eigenvalue weighted by atomic mass is 10.1. The fourth-order valence-corrected chi connectivity index (χ4v) is 0.843. The molecule has 0 saturated carbocycles. The molecule has 0 spiro atoms. The largest absolute Gasteiger partial charge is 0.393 e. The van der Waals surface area contributed by atoms with Gasteiger partial charge in [-0.3, -0.25) is 0 Å². The Hall–Kier alpha value is -0.570. The van der Waals surface area contributed by atoms with Crippen molar-refractivity contribution < 1.29 is 4.84 Å². The summed E-state index contributed by atoms with van der Waals surface area (Å²) in [7, 11) is 4.14. The summed E-state index contributed by atoms with van der Waals surface area (Å²) in [6, 6.07) is 0.513. The van der Waals surface area contributed by atoms with Crippen LogP contribution in [-0.2, 0) is 4.84 Å². The maximum atomic E-state index is 5.15. The van der Waals surface area contributed by atoms with Crippen LogP contribution in [0.3, 0.4) is 0 Å². The summed E-state index contributed by atoms with van der Waals surface area (Å²) in [4.78, 5) is 7.33. The Morgan fingerprint density at radius 1 is 1.31 bits per heavy atom. The summed E-state index contributed by atoms with van der Waals surface area (Å²) in [6.07, 6.45) is 1.13. The van der Waals surface area contributed by atoms with Crippen LogP contribution in [0.15, 0.2) is 5.16 Å². The van der Waals surface area contributed by atoms with E-state index in [9.17, 15) is 0 Å². The van der Waals surface area contributed by atoms with E-state index in [1.807, 2.05) is 20.8 Å². The van der Waals surface area contributed by atoms with Crippen LogP contribution in [0.25, 0.3) is 0 Å². The van der Waals surface area contributed by atoms with Gasteiger partial charge < -0.3 is 9.74 Å². The molecule has 0 aromatic carbocycles. The zero-order valence-corrected chi connectivity index (χ0v) is 9.66. The van der Waals surface area contributed by atoms with E-state index in [0.29, 0.717) is 6.04 Å². The number of rotatable bonds is 5. The SMILES string of the molecule is C/C(CC(C)N(C)C)=N/OC(C)C. The van der Waals surface area contributed by atoms with E-state index in [2.05, 4.69) is 31.1 Å². The molecule has 0 heterocycles. The standard InChI is InChI=1S/C10H22N2O/c1-8(2)13-11-9(3)7-10(4)12(5)6/h8,10H,7H2,1-6H3/b11-9-. The number of nitrogens with zero attached hydrogens (tertiary/aromatic N) is 2. The van der Waals surface area contributed by atoms with Crippen molar-refractivity contribution in [1.82, 2.24) is 4.90 Å². The lowest BCUT2D eigenvalue weighted by Crippen LogP contribution is -2.26. The predicted octanol–water partition coefficient (Wildman–Crippen LogP) is 2.13. The molecule has 3 heteroatoms. The third-order valence-electron chi connectivity index (χ3n) is 1.89. The van der Waals surface area contributed by atoms with Crippen LogP contribution >= 0.6 is 0 Å². The molecule has 13 heavy (non-hydrogen) atoms. The smallest absolute Gasteiger partial charge is 0.122 e. The van der Waals surface area contributed by atoms with Crippen LogP contribution in [0.2, 0.25) is 0 Å². The predicted molar refractivity (Wildman–Crippen MR) is 57.1 cm³/mol. The zero-order valence-electron chi connectivity index (χ0n) is 9.66. The van der Waals surface area contributed by atoms with Gasteiger partial charge in [0.2, 0.25) is 0 Å². The maximum Gasteiger partial charge on any atom is 0.122 e. The van der Waals surface area contributed by atoms with Crippen LogP contribution in [0, 0.1) is 0 Å². The third kappa shape index (κ3) is 6.58. The van der Waals surface area contributed by atoms with E-state index in [1.165, 1.54) is 0 Å². The van der Waals surface area contributed by atoms with E-state index >= 15 is 0 Å². The van der Waals surface area contributed by atoms with Gasteiger partial charge in [0.25, 0.3) is 0 Å². The molecule has 78 valence electrons. The molecular formula is C10H22N2O. The maximum absolute atomic E-state index is 5.15. The second-order valence-electron chi connectivity index (χ2n) is 4.00. The van der Waals surface area contributed by atoms with Gasteiger partial charge in [-0.15, -0.1) is 0 Å². The van der Waals surface area contributed by atoms with Crippen LogP contribution in [0.4, 0.5) is 0 Å². The molecule has 3 nitrogen and oxygen atoms in total. The Morgan fingerprint density at radius 2 is 1.85 bits per heavy atom. The summed E-state index contributed by atoms with van der Waals surface area (Å²) in [6.45, 7) is 8.13. The first-order valence-electron chi connectivity index (χ1n) is 4.79. The van der Waals surface area contributed by atoms with E-state index in [4.69, 9.17) is 4.84 Å². The highest BCUT2D eigenvalue weighted by Crippen LogP contribution is 2.01. The van der Waals surface area contributed by atoms with Gasteiger partial charge in [0, 0.05) is 12.5 Å². The van der Waals surface area contributed by atoms with Crippen LogP contribution in [-0.4, -0.2) is 36.9 Å². The number of oxime groups is 1. The fourth-order valence-electron chi connectivity index (χ4n) is 0.843. The Balaban J connectivity index is 3.84. The molecular weight excluding hydrogens is 164 g/mol. The second-order valence-corrected chi connectivity index (χ2v) is 4.00. The van der Waals surface area contributed by atoms with E-state index in [-0.39, 0.29) is 6.10 Å². The summed E-state index contributed by atoms with van der Waals surface area (Å²) < 4.78 is 0. The van der Waals surface area contributed by atoms with Crippen LogP contribution in [0.5, 0.6) is 0 Å². The average molecular weight is 186 g/mol. The molecule has 1 unspecified atom stereocenters. The minimum absolute atomic E-state index is 0.171. The lowest BCUT2D eigenvalue weighted by molar-refractivity contribution is 0.0849. The van der Waals surface area contributed by atoms with Gasteiger partial charge in [0.1, 0.15) is 6.10 Å². The topological polar surface area (TPSA) is 24.8 Å². The Bertz CT molecular complexity index is 164. The molecule has 0 radical (unpaired) electrons. The normalized spacial score (nSPS) is 15.2. The fraction of sp³-hybridized carbons (Fsp3) is 0.900. The molecule has 0 fully saturated rings. The summed E-state index contributed by atoms with van der Waals surface area (Å²) in [5, 5.41) is 4.04. The Labute approximate surface area is 81.7 Å². The van der Waals surface area contributed by atoms with Gasteiger partial charge in [-0.05, 0) is 41.8 Å². The second kappa shape index (κ2) is 5.97. The van der Waals surface area contributed by atoms with Crippen molar-refractivity contribution >= 4 is 5.71 Å². The van der Waals surface area contributed by atoms with Gasteiger partial charge in [0.05, 0.1) is 5.71 Å². The number of hydrogen-bond acceptors (Lipinski definition) is 3. The average Bonchev–Trinajstić information content (AvgIpc) is 2.00. The molecule has 0 amide bonds. The monoisotopic (exact) mass is 186 g/mol. The lowest BCUT2D eigenvalue weighted by Gasteiger charge is -2.19. The first kappa shape index (κ1) is 12.4. The molecule has 0 aromatic heterocycles. The van der Waals surface area contributed by atoms with Gasteiger partial charge in [0.15, 0.2) is 0 Å². The minimum Gasteiger partial charge on any atom is -0.393 e. The molecule has 1 atom stereocenters. The Kier molecular flexibility index (Phi) is 5.71. The zero-order chi connectivity index (χ0) is 10.4. The highest BCUT2D eigenvalue weighted by molar-refractivity contribution is 5.81. The molecule has 0 saturated heterocycles. The van der Waals surface area contributed by atoms with E-state index in [1.54, 1.807) is 0 Å². The van der Waals surface area contributed by atoms with Gasteiger partial charge in [-0.25, -0.2) is 0 Å². The van der Waals surface area contributed by atoms with Crippen molar-refractivity contribution in [3.8, 4) is 0 Å². The highest BCUT2D eigenvalue weighted by Gasteiger charge is 2.06. The van der Waals surface area contributed by atoms with E-state index in [0.717, 1.165) is 12.1 Å². The Morgan fingerprint density at radius 3 is 2.23 bits per heavy atom. The molecule has 0 rings (SSSR count). The van der Waals surface area contributed by atoms with Crippen molar-refractivity contribution in [2.45, 2.75) is 46.3 Å². The van der Waals surface area contributed by atoms with Crippen LogP contribution < -0.4 is 0 Å². The van der Waals surface area contributed by atoms with Gasteiger partial charge in [-0.2, -0.15) is 0 Å². The summed E-state index contributed by atoms with van der Waals surface area (Å²) in [5.41, 5.74) is 1.05. The molecule has 0 aromatic rings. The van der Waals surface area contributed by atoms with Gasteiger partial charge in [-0.1, -0.05) is 5.16 Å². The quantitative estimate of drug-likeness (QED) is 0.485. The van der Waals surface area contributed by atoms with Crippen molar-refractivity contribution in [3.63, 3.8) is 0 Å². The summed E-state index contributed by atoms with van der Waals surface area (Å²) >= 11 is 0. The highest BCUT2D eigenvalue weighted by atomic mass is 16.6. The van der Waals surface area contributed by atoms with Gasteiger partial charge >= 0.3 is 0 Å². The number of hydrogen-bond donors (Lipinski definition) is 0. The molecule has 0 aliphatic heterocycles. The molecule has 0 N–H and O–H groups in total. The summed E-state index contributed by atoms with van der Waals surface area (Å²) in [5.74, 6) is 0. The van der Waals surface area contributed by atoms with E-state index < -0.39 is 0 Å². The van der Waals surface area contributed by atoms with Crippen molar-refractivity contribution in [1.29, 1.82) is 0 Å². The van der Waals surface area contributed by atoms with Crippen molar-refractivity contribution in [2.24, 2.45) is 5.16 Å². The molecule has 0 aliphatic rings. The minimum atomic E-state index is 0.171. The molecule has 0 aliphatic carbocycles. The third-order valence-corrected chi connectivity index (χ3v) is 1.89. The first-order valence-corrected chi connectivity index (χ1v) is 4.79.